The summed E-state index contributed by atoms with van der Waals surface area (Å²) >= 11 is 0. The Bertz CT molecular complexity index is 2570. The number of likely N-dealkylation sites (tertiary alicyclic amines) is 1. The molecule has 20 heteroatoms. The number of benzene rings is 2. The Hall–Kier alpha value is -7.13. The molecule has 3 aliphatic heterocycles. The number of nitrogens with two attached hydrogens (primary N) is 1. The van der Waals surface area contributed by atoms with Gasteiger partial charge in [0.05, 0.1) is 63.4 Å². The minimum absolute atomic E-state index is 0.0482. The van der Waals surface area contributed by atoms with Gasteiger partial charge >= 0.3 is 0 Å². The number of nitrogen functional groups attached to an aromatic ring is 1. The summed E-state index contributed by atoms with van der Waals surface area (Å²) in [6, 6.07) is 15.8. The molecular weight excluding hydrogens is 841 g/mol. The van der Waals surface area contributed by atoms with Crippen molar-refractivity contribution in [1.29, 1.82) is 0 Å². The molecule has 65 heavy (non-hydrogen) atoms. The first-order chi connectivity index (χ1) is 31.7. The van der Waals surface area contributed by atoms with Gasteiger partial charge in [-0.15, -0.1) is 0 Å². The predicted molar refractivity (Wildman–Crippen MR) is 234 cm³/mol. The predicted octanol–water partition coefficient (Wildman–Crippen LogP) is 2.87. The molecule has 5 N–H and O–H groups in total. The normalized spacial score (nSPS) is 17.2. The zero-order valence-corrected chi connectivity index (χ0v) is 35.4. The fourth-order valence-electron chi connectivity index (χ4n) is 8.08. The van der Waals surface area contributed by atoms with Crippen LogP contribution in [0.15, 0.2) is 79.3 Å². The van der Waals surface area contributed by atoms with Crippen molar-refractivity contribution < 1.29 is 47.7 Å². The standard InChI is InChI=1S/C45H48N10O10/c46-40-39-38(28-9-11-29(12-10-28)42(58)50-34-8-1-2-15-48-34)52-41(54(39)19-16-49-40)32-7-4-18-53(32)36(57)27-65-26-25-64-24-23-63-22-21-62-20-17-47-31-6-3-5-30-37(31)45(61)55(44(30)60)33-13-14-35(56)51-43(33)59/h1-3,5-6,8-12,15-16,19,32-33,47H,4,7,13-14,17-18,20-27H2,(H2,46,49)(H,48,50,58)(H,51,56,59)/t32-,33?/m0/s1. The SMILES string of the molecule is Nc1nccn2c([C@@H]3CCCN3C(=O)COCCOCCOCCOCCNc3cccc4c3C(=O)N(C3CCC(=O)NC3=O)C4=O)nc(-c3ccc(C(=O)Nc4ccccn4)cc3)c12. The molecule has 2 aromatic carbocycles. The van der Waals surface area contributed by atoms with Crippen molar-refractivity contribution in [1.82, 2.24) is 34.5 Å². The maximum atomic E-state index is 13.4. The number of amides is 6. The Balaban J connectivity index is 0.719. The number of rotatable bonds is 20. The number of imide groups is 2. The summed E-state index contributed by atoms with van der Waals surface area (Å²) in [6.45, 7) is 2.87. The van der Waals surface area contributed by atoms with Gasteiger partial charge in [-0.1, -0.05) is 24.3 Å². The number of pyridine rings is 1. The average molecular weight is 889 g/mol. The molecule has 20 nitrogen and oxygen atoms in total. The van der Waals surface area contributed by atoms with Gasteiger partial charge in [0.1, 0.15) is 41.3 Å². The van der Waals surface area contributed by atoms with E-state index in [4.69, 9.17) is 29.7 Å². The summed E-state index contributed by atoms with van der Waals surface area (Å²) in [4.78, 5) is 92.7. The number of carbonyl (C=O) groups is 6. The molecule has 5 aromatic rings. The van der Waals surface area contributed by atoms with Gasteiger partial charge in [-0.25, -0.2) is 15.0 Å². The number of aromatic nitrogens is 4. The molecule has 0 saturated carbocycles. The smallest absolute Gasteiger partial charge is 0.264 e. The second kappa shape index (κ2) is 20.6. The Morgan fingerprint density at radius 2 is 1.55 bits per heavy atom. The molecule has 2 atom stereocenters. The van der Waals surface area contributed by atoms with E-state index in [9.17, 15) is 28.8 Å². The third kappa shape index (κ3) is 10.00. The van der Waals surface area contributed by atoms with Crippen molar-refractivity contribution in [2.75, 3.05) is 82.3 Å². The lowest BCUT2D eigenvalue weighted by Gasteiger charge is -2.27. The number of carbonyl (C=O) groups excluding carboxylic acids is 6. The molecule has 2 saturated heterocycles. The van der Waals surface area contributed by atoms with Crippen LogP contribution in [0.4, 0.5) is 17.3 Å². The minimum Gasteiger partial charge on any atom is -0.382 e. The van der Waals surface area contributed by atoms with Gasteiger partial charge in [0.25, 0.3) is 17.7 Å². The first-order valence-electron chi connectivity index (χ1n) is 21.3. The summed E-state index contributed by atoms with van der Waals surface area (Å²) in [5.41, 5.74) is 9.62. The van der Waals surface area contributed by atoms with Gasteiger partial charge in [0, 0.05) is 54.9 Å². The van der Waals surface area contributed by atoms with Gasteiger partial charge in [0.2, 0.25) is 17.7 Å². The van der Waals surface area contributed by atoms with Gasteiger partial charge in [-0.05, 0) is 55.7 Å². The van der Waals surface area contributed by atoms with Crippen LogP contribution >= 0.6 is 0 Å². The molecule has 3 aromatic heterocycles. The van der Waals surface area contributed by atoms with E-state index in [-0.39, 0.29) is 67.5 Å². The number of hydrogen-bond donors (Lipinski definition) is 4. The Kier molecular flexibility index (Phi) is 14.1. The highest BCUT2D eigenvalue weighted by molar-refractivity contribution is 6.25. The van der Waals surface area contributed by atoms with E-state index >= 15 is 0 Å². The zero-order valence-electron chi connectivity index (χ0n) is 35.4. The van der Waals surface area contributed by atoms with Crippen LogP contribution in [0, 0.1) is 0 Å². The Labute approximate surface area is 372 Å². The summed E-state index contributed by atoms with van der Waals surface area (Å²) in [5, 5.41) is 8.11. The van der Waals surface area contributed by atoms with Crippen molar-refractivity contribution >= 4 is 58.3 Å². The molecule has 0 radical (unpaired) electrons. The van der Waals surface area contributed by atoms with Gasteiger partial charge in [0.15, 0.2) is 0 Å². The monoisotopic (exact) mass is 888 g/mol. The first kappa shape index (κ1) is 44.5. The third-order valence-corrected chi connectivity index (χ3v) is 11.2. The van der Waals surface area contributed by atoms with Gasteiger partial charge in [-0.3, -0.25) is 43.4 Å². The van der Waals surface area contributed by atoms with Crippen molar-refractivity contribution in [2.45, 2.75) is 37.8 Å². The van der Waals surface area contributed by atoms with Gasteiger partial charge < -0.3 is 40.2 Å². The molecule has 8 rings (SSSR count). The van der Waals surface area contributed by atoms with E-state index < -0.39 is 29.7 Å². The van der Waals surface area contributed by atoms with Crippen LogP contribution < -0.4 is 21.7 Å². The fraction of sp³-hybridized carbons (Fsp3) is 0.356. The van der Waals surface area contributed by atoms with Crippen molar-refractivity contribution in [3.8, 4) is 11.3 Å². The lowest BCUT2D eigenvalue weighted by atomic mass is 10.0. The van der Waals surface area contributed by atoms with Crippen LogP contribution in [0.5, 0.6) is 0 Å². The fourth-order valence-corrected chi connectivity index (χ4v) is 8.08. The van der Waals surface area contributed by atoms with Crippen molar-refractivity contribution in [2.24, 2.45) is 0 Å². The van der Waals surface area contributed by atoms with E-state index in [1.807, 2.05) is 4.40 Å². The van der Waals surface area contributed by atoms with Crippen LogP contribution in [0.25, 0.3) is 16.8 Å². The first-order valence-corrected chi connectivity index (χ1v) is 21.3. The summed E-state index contributed by atoms with van der Waals surface area (Å²) in [5.74, 6) is -1.30. The highest BCUT2D eigenvalue weighted by Crippen LogP contribution is 2.37. The van der Waals surface area contributed by atoms with Gasteiger partial charge in [-0.2, -0.15) is 0 Å². The Morgan fingerprint density at radius 1 is 0.800 bits per heavy atom. The molecular formula is C45H48N10O10. The summed E-state index contributed by atoms with van der Waals surface area (Å²) in [7, 11) is 0. The van der Waals surface area contributed by atoms with Crippen LogP contribution in [-0.4, -0.2) is 137 Å². The highest BCUT2D eigenvalue weighted by atomic mass is 16.6. The van der Waals surface area contributed by atoms with E-state index in [0.29, 0.717) is 86.6 Å². The maximum Gasteiger partial charge on any atom is 0.264 e. The molecule has 0 bridgehead atoms. The topological polar surface area (TPSA) is 251 Å². The number of hydrogen-bond acceptors (Lipinski definition) is 15. The minimum atomic E-state index is -1.03. The maximum absolute atomic E-state index is 13.4. The second-order valence-corrected chi connectivity index (χ2v) is 15.3. The van der Waals surface area contributed by atoms with E-state index in [0.717, 1.165) is 16.9 Å². The quantitative estimate of drug-likeness (QED) is 0.0648. The zero-order chi connectivity index (χ0) is 45.3. The lowest BCUT2D eigenvalue weighted by Crippen LogP contribution is -2.54. The molecule has 0 aliphatic carbocycles. The van der Waals surface area contributed by atoms with Crippen molar-refractivity contribution in [3.05, 3.63) is 102 Å². The van der Waals surface area contributed by atoms with E-state index in [2.05, 4.69) is 25.9 Å². The number of ether oxygens (including phenoxy) is 4. The van der Waals surface area contributed by atoms with Crippen LogP contribution in [0.1, 0.15) is 68.6 Å². The summed E-state index contributed by atoms with van der Waals surface area (Å²) in [6.07, 6.45) is 6.62. The molecule has 0 spiro atoms. The number of piperidine rings is 1. The second-order valence-electron chi connectivity index (χ2n) is 15.3. The summed E-state index contributed by atoms with van der Waals surface area (Å²) < 4.78 is 24.4. The molecule has 1 unspecified atom stereocenters. The van der Waals surface area contributed by atoms with Crippen molar-refractivity contribution in [3.63, 3.8) is 0 Å². The molecule has 2 fully saturated rings. The Morgan fingerprint density at radius 3 is 2.29 bits per heavy atom. The van der Waals surface area contributed by atoms with Crippen LogP contribution in [0.3, 0.4) is 0 Å². The average Bonchev–Trinajstić information content (AvgIpc) is 4.02. The molecule has 338 valence electrons. The number of nitrogens with one attached hydrogen (secondary N) is 3. The third-order valence-electron chi connectivity index (χ3n) is 11.2. The number of anilines is 3. The number of imidazole rings is 1. The number of nitrogens with zero attached hydrogens (tertiary/aromatic N) is 6. The van der Waals surface area contributed by atoms with Crippen LogP contribution in [-0.2, 0) is 33.3 Å². The molecule has 3 aliphatic rings. The highest BCUT2D eigenvalue weighted by Gasteiger charge is 2.45. The van der Waals surface area contributed by atoms with Crippen LogP contribution in [0.2, 0.25) is 0 Å². The molecule has 6 heterocycles. The lowest BCUT2D eigenvalue weighted by molar-refractivity contribution is -0.138. The largest absolute Gasteiger partial charge is 0.382 e. The van der Waals surface area contributed by atoms with E-state index in [1.165, 1.54) is 0 Å². The number of fused-ring (bicyclic) bond motifs is 2. The molecule has 6 amide bonds. The van der Waals surface area contributed by atoms with E-state index in [1.54, 1.807) is 84.2 Å².